The number of nitrogens with one attached hydrogen (secondary N) is 1. The predicted octanol–water partition coefficient (Wildman–Crippen LogP) is 2.05. The Balaban J connectivity index is 1.73. The minimum Gasteiger partial charge on any atom is -0.480 e. The standard InChI is InChI=1S/C15H25NO4S/c17-13(3-1-2-12-4-8-20-9-5-12)16-15(14(18)19)6-10-21-11-7-15/h12H,1-11H2,(H,16,17)(H,18,19). The number of thioether (sulfide) groups is 1. The van der Waals surface area contributed by atoms with Crippen LogP contribution in [0.3, 0.4) is 0 Å². The molecule has 0 atom stereocenters. The molecule has 5 nitrogen and oxygen atoms in total. The first kappa shape index (κ1) is 16.6. The van der Waals surface area contributed by atoms with Crippen molar-refractivity contribution in [1.29, 1.82) is 0 Å². The van der Waals surface area contributed by atoms with Crippen LogP contribution in [0.25, 0.3) is 0 Å². The Hall–Kier alpha value is -0.750. The van der Waals surface area contributed by atoms with Crippen LogP contribution in [0, 0.1) is 5.92 Å². The van der Waals surface area contributed by atoms with Gasteiger partial charge in [-0.05, 0) is 55.9 Å². The Morgan fingerprint density at radius 3 is 2.52 bits per heavy atom. The highest BCUT2D eigenvalue weighted by molar-refractivity contribution is 7.99. The summed E-state index contributed by atoms with van der Waals surface area (Å²) in [6.07, 6.45) is 5.51. The molecule has 0 saturated carbocycles. The number of carboxylic acids is 1. The van der Waals surface area contributed by atoms with Gasteiger partial charge in [0.25, 0.3) is 0 Å². The molecule has 2 aliphatic rings. The number of aliphatic carboxylic acids is 1. The summed E-state index contributed by atoms with van der Waals surface area (Å²) in [6, 6.07) is 0. The topological polar surface area (TPSA) is 75.6 Å². The van der Waals surface area contributed by atoms with Crippen LogP contribution >= 0.6 is 11.8 Å². The van der Waals surface area contributed by atoms with Crippen molar-refractivity contribution in [1.82, 2.24) is 5.32 Å². The number of hydrogen-bond acceptors (Lipinski definition) is 4. The summed E-state index contributed by atoms with van der Waals surface area (Å²) in [6.45, 7) is 1.66. The fourth-order valence-electron chi connectivity index (χ4n) is 3.03. The molecule has 0 bridgehead atoms. The third-order valence-corrected chi connectivity index (χ3v) is 5.48. The van der Waals surface area contributed by atoms with Crippen LogP contribution in [0.2, 0.25) is 0 Å². The summed E-state index contributed by atoms with van der Waals surface area (Å²) >= 11 is 1.75. The van der Waals surface area contributed by atoms with Gasteiger partial charge in [-0.2, -0.15) is 11.8 Å². The maximum atomic E-state index is 12.1. The van der Waals surface area contributed by atoms with Crippen LogP contribution in [0.4, 0.5) is 0 Å². The first-order chi connectivity index (χ1) is 10.1. The van der Waals surface area contributed by atoms with Gasteiger partial charge in [-0.1, -0.05) is 0 Å². The van der Waals surface area contributed by atoms with Crippen molar-refractivity contribution >= 4 is 23.6 Å². The van der Waals surface area contributed by atoms with Gasteiger partial charge in [-0.15, -0.1) is 0 Å². The Labute approximate surface area is 130 Å². The Kier molecular flexibility index (Phi) is 6.36. The Bertz CT molecular complexity index is 363. The quantitative estimate of drug-likeness (QED) is 0.784. The van der Waals surface area contributed by atoms with Crippen LogP contribution in [0.5, 0.6) is 0 Å². The second-order valence-corrected chi connectivity index (χ2v) is 7.22. The van der Waals surface area contributed by atoms with Crippen molar-refractivity contribution in [2.45, 2.75) is 50.5 Å². The predicted molar refractivity (Wildman–Crippen MR) is 82.5 cm³/mol. The molecule has 2 rings (SSSR count). The molecular formula is C15H25NO4S. The normalized spacial score (nSPS) is 22.7. The smallest absolute Gasteiger partial charge is 0.329 e. The first-order valence-corrected chi connectivity index (χ1v) is 8.98. The van der Waals surface area contributed by atoms with E-state index in [1.54, 1.807) is 11.8 Å². The summed E-state index contributed by atoms with van der Waals surface area (Å²) in [7, 11) is 0. The van der Waals surface area contributed by atoms with E-state index in [4.69, 9.17) is 4.74 Å². The molecular weight excluding hydrogens is 290 g/mol. The lowest BCUT2D eigenvalue weighted by atomic mass is 9.91. The van der Waals surface area contributed by atoms with E-state index >= 15 is 0 Å². The lowest BCUT2D eigenvalue weighted by molar-refractivity contribution is -0.148. The third kappa shape index (κ3) is 4.88. The second-order valence-electron chi connectivity index (χ2n) is 6.00. The average molecular weight is 315 g/mol. The summed E-state index contributed by atoms with van der Waals surface area (Å²) in [5, 5.41) is 12.2. The molecule has 1 amide bonds. The Morgan fingerprint density at radius 1 is 1.24 bits per heavy atom. The second kappa shape index (κ2) is 8.03. The van der Waals surface area contributed by atoms with Gasteiger partial charge in [-0.3, -0.25) is 4.79 Å². The summed E-state index contributed by atoms with van der Waals surface area (Å²) < 4.78 is 5.32. The molecule has 6 heteroatoms. The number of ether oxygens (including phenoxy) is 1. The fraction of sp³-hybridized carbons (Fsp3) is 0.867. The van der Waals surface area contributed by atoms with E-state index in [1.807, 2.05) is 0 Å². The number of carbonyl (C=O) groups is 2. The summed E-state index contributed by atoms with van der Waals surface area (Å²) in [5.41, 5.74) is -1.03. The minimum atomic E-state index is -1.03. The van der Waals surface area contributed by atoms with Crippen LogP contribution in [-0.4, -0.2) is 47.2 Å². The highest BCUT2D eigenvalue weighted by Gasteiger charge is 2.41. The lowest BCUT2D eigenvalue weighted by Gasteiger charge is -2.33. The fourth-order valence-corrected chi connectivity index (χ4v) is 4.22. The molecule has 2 N–H and O–H groups in total. The molecule has 0 spiro atoms. The molecule has 0 aromatic carbocycles. The van der Waals surface area contributed by atoms with E-state index in [9.17, 15) is 14.7 Å². The molecule has 120 valence electrons. The van der Waals surface area contributed by atoms with Crippen LogP contribution in [0.1, 0.15) is 44.9 Å². The number of rotatable bonds is 6. The molecule has 2 fully saturated rings. The molecule has 21 heavy (non-hydrogen) atoms. The zero-order chi connectivity index (χ0) is 15.1. The van der Waals surface area contributed by atoms with Gasteiger partial charge in [-0.25, -0.2) is 4.79 Å². The highest BCUT2D eigenvalue weighted by Crippen LogP contribution is 2.28. The number of carboxylic acid groups (broad SMARTS) is 1. The van der Waals surface area contributed by atoms with Crippen LogP contribution in [0.15, 0.2) is 0 Å². The zero-order valence-electron chi connectivity index (χ0n) is 12.4. The number of hydrogen-bond donors (Lipinski definition) is 2. The van der Waals surface area contributed by atoms with E-state index in [-0.39, 0.29) is 5.91 Å². The van der Waals surface area contributed by atoms with Crippen molar-refractivity contribution < 1.29 is 19.4 Å². The van der Waals surface area contributed by atoms with Gasteiger partial charge in [0.2, 0.25) is 5.91 Å². The zero-order valence-corrected chi connectivity index (χ0v) is 13.3. The molecule has 0 aliphatic carbocycles. The van der Waals surface area contributed by atoms with Gasteiger partial charge in [0.05, 0.1) is 0 Å². The summed E-state index contributed by atoms with van der Waals surface area (Å²) in [4.78, 5) is 23.6. The summed E-state index contributed by atoms with van der Waals surface area (Å²) in [5.74, 6) is 1.26. The monoisotopic (exact) mass is 315 g/mol. The van der Waals surface area contributed by atoms with Gasteiger partial charge in [0.1, 0.15) is 5.54 Å². The van der Waals surface area contributed by atoms with Crippen molar-refractivity contribution in [2.24, 2.45) is 5.92 Å². The number of carbonyl (C=O) groups excluding carboxylic acids is 1. The van der Waals surface area contributed by atoms with Crippen molar-refractivity contribution in [3.8, 4) is 0 Å². The lowest BCUT2D eigenvalue weighted by Crippen LogP contribution is -2.56. The van der Waals surface area contributed by atoms with Gasteiger partial charge >= 0.3 is 5.97 Å². The number of amides is 1. The Morgan fingerprint density at radius 2 is 1.90 bits per heavy atom. The maximum absolute atomic E-state index is 12.1. The van der Waals surface area contributed by atoms with Crippen LogP contribution in [-0.2, 0) is 14.3 Å². The highest BCUT2D eigenvalue weighted by atomic mass is 32.2. The van der Waals surface area contributed by atoms with Crippen molar-refractivity contribution in [2.75, 3.05) is 24.7 Å². The molecule has 2 saturated heterocycles. The molecule has 0 unspecified atom stereocenters. The van der Waals surface area contributed by atoms with Gasteiger partial charge < -0.3 is 15.2 Å². The van der Waals surface area contributed by atoms with E-state index < -0.39 is 11.5 Å². The maximum Gasteiger partial charge on any atom is 0.329 e. The first-order valence-electron chi connectivity index (χ1n) is 7.82. The third-order valence-electron chi connectivity index (χ3n) is 4.49. The van der Waals surface area contributed by atoms with E-state index in [0.717, 1.165) is 50.4 Å². The molecule has 2 aliphatic heterocycles. The van der Waals surface area contributed by atoms with Gasteiger partial charge in [0.15, 0.2) is 0 Å². The van der Waals surface area contributed by atoms with E-state index in [0.29, 0.717) is 25.2 Å². The largest absolute Gasteiger partial charge is 0.480 e. The molecule has 0 radical (unpaired) electrons. The van der Waals surface area contributed by atoms with Gasteiger partial charge in [0, 0.05) is 19.6 Å². The molecule has 2 heterocycles. The van der Waals surface area contributed by atoms with Crippen LogP contribution < -0.4 is 5.32 Å². The SMILES string of the molecule is O=C(CCCC1CCOCC1)NC1(C(=O)O)CCSCC1. The molecule has 0 aromatic heterocycles. The van der Waals surface area contributed by atoms with Crippen molar-refractivity contribution in [3.63, 3.8) is 0 Å². The molecule has 0 aromatic rings. The van der Waals surface area contributed by atoms with E-state index in [1.165, 1.54) is 0 Å². The average Bonchev–Trinajstić information content (AvgIpc) is 2.49. The van der Waals surface area contributed by atoms with Crippen molar-refractivity contribution in [3.05, 3.63) is 0 Å². The van der Waals surface area contributed by atoms with E-state index in [2.05, 4.69) is 5.32 Å². The minimum absolute atomic E-state index is 0.114.